The summed E-state index contributed by atoms with van der Waals surface area (Å²) in [5, 5.41) is 9.77. The number of nitrogens with one attached hydrogen (secondary N) is 2. The Kier molecular flexibility index (Phi) is 3.22. The molecule has 0 atom stereocenters. The molecule has 0 saturated heterocycles. The number of amides is 2. The maximum absolute atomic E-state index is 11.3. The van der Waals surface area contributed by atoms with E-state index in [-0.39, 0.29) is 6.03 Å². The van der Waals surface area contributed by atoms with Gasteiger partial charge in [0.25, 0.3) is 0 Å². The first-order chi connectivity index (χ1) is 7.34. The van der Waals surface area contributed by atoms with E-state index < -0.39 is 0 Å². The molecule has 1 aliphatic rings. The van der Waals surface area contributed by atoms with Crippen molar-refractivity contribution in [2.45, 2.75) is 31.8 Å². The Morgan fingerprint density at radius 2 is 2.40 bits per heavy atom. The van der Waals surface area contributed by atoms with Crippen molar-refractivity contribution in [3.8, 4) is 0 Å². The molecule has 0 radical (unpaired) electrons. The second-order valence-corrected chi connectivity index (χ2v) is 3.80. The van der Waals surface area contributed by atoms with Crippen molar-refractivity contribution < 1.29 is 4.79 Å². The summed E-state index contributed by atoms with van der Waals surface area (Å²) in [4.78, 5) is 11.3. The van der Waals surface area contributed by atoms with Crippen molar-refractivity contribution in [1.29, 1.82) is 0 Å². The third-order valence-corrected chi connectivity index (χ3v) is 2.63. The minimum absolute atomic E-state index is 0.0631. The molecular weight excluding hydrogens is 192 g/mol. The van der Waals surface area contributed by atoms with Crippen molar-refractivity contribution >= 4 is 6.03 Å². The number of nitrogens with zero attached hydrogens (tertiary/aromatic N) is 2. The number of urea groups is 1. The summed E-state index contributed by atoms with van der Waals surface area (Å²) in [6, 6.07) is 2.20. The van der Waals surface area contributed by atoms with Gasteiger partial charge in [-0.05, 0) is 25.3 Å². The summed E-state index contributed by atoms with van der Waals surface area (Å²) in [5.41, 5.74) is 0. The highest BCUT2D eigenvalue weighted by atomic mass is 16.2. The Balaban J connectivity index is 1.58. The lowest BCUT2D eigenvalue weighted by Gasteiger charge is -2.26. The Hall–Kier alpha value is -1.52. The van der Waals surface area contributed by atoms with E-state index in [1.54, 1.807) is 10.9 Å². The molecule has 15 heavy (non-hydrogen) atoms. The zero-order chi connectivity index (χ0) is 10.5. The van der Waals surface area contributed by atoms with Gasteiger partial charge in [0.15, 0.2) is 0 Å². The van der Waals surface area contributed by atoms with Crippen LogP contribution in [0.25, 0.3) is 0 Å². The van der Waals surface area contributed by atoms with Gasteiger partial charge in [-0.15, -0.1) is 0 Å². The van der Waals surface area contributed by atoms with Crippen LogP contribution in [-0.2, 0) is 6.54 Å². The van der Waals surface area contributed by atoms with Gasteiger partial charge in [-0.2, -0.15) is 5.10 Å². The summed E-state index contributed by atoms with van der Waals surface area (Å²) in [6.45, 7) is 1.32. The molecular formula is C10H16N4O. The van der Waals surface area contributed by atoms with E-state index in [4.69, 9.17) is 0 Å². The van der Waals surface area contributed by atoms with Gasteiger partial charge in [0.2, 0.25) is 0 Å². The maximum Gasteiger partial charge on any atom is 0.315 e. The summed E-state index contributed by atoms with van der Waals surface area (Å²) in [7, 11) is 0. The lowest BCUT2D eigenvalue weighted by Crippen LogP contribution is -2.45. The number of hydrogen-bond donors (Lipinski definition) is 2. The fourth-order valence-corrected chi connectivity index (χ4v) is 1.51. The van der Waals surface area contributed by atoms with Crippen LogP contribution in [0.15, 0.2) is 18.5 Å². The quantitative estimate of drug-likeness (QED) is 0.766. The zero-order valence-electron chi connectivity index (χ0n) is 8.65. The monoisotopic (exact) mass is 208 g/mol. The SMILES string of the molecule is O=C(NCCn1cccn1)NC1CCC1. The molecule has 1 fully saturated rings. The van der Waals surface area contributed by atoms with Crippen LogP contribution in [0.5, 0.6) is 0 Å². The lowest BCUT2D eigenvalue weighted by atomic mass is 9.93. The Bertz CT molecular complexity index is 305. The molecule has 1 aromatic rings. The van der Waals surface area contributed by atoms with E-state index >= 15 is 0 Å². The van der Waals surface area contributed by atoms with Gasteiger partial charge in [-0.3, -0.25) is 4.68 Å². The van der Waals surface area contributed by atoms with Crippen molar-refractivity contribution in [2.24, 2.45) is 0 Å². The molecule has 0 aromatic carbocycles. The van der Waals surface area contributed by atoms with Gasteiger partial charge < -0.3 is 10.6 Å². The van der Waals surface area contributed by atoms with Crippen molar-refractivity contribution in [2.75, 3.05) is 6.54 Å². The second-order valence-electron chi connectivity index (χ2n) is 3.80. The topological polar surface area (TPSA) is 59.0 Å². The number of hydrogen-bond acceptors (Lipinski definition) is 2. The highest BCUT2D eigenvalue weighted by Gasteiger charge is 2.18. The molecule has 82 valence electrons. The number of carbonyl (C=O) groups is 1. The molecule has 0 bridgehead atoms. The van der Waals surface area contributed by atoms with Crippen LogP contribution in [0.3, 0.4) is 0 Å². The van der Waals surface area contributed by atoms with Gasteiger partial charge in [0, 0.05) is 25.0 Å². The summed E-state index contributed by atoms with van der Waals surface area (Å²) in [6.07, 6.45) is 7.08. The van der Waals surface area contributed by atoms with E-state index in [1.165, 1.54) is 6.42 Å². The Labute approximate surface area is 88.8 Å². The van der Waals surface area contributed by atoms with Crippen molar-refractivity contribution in [3.63, 3.8) is 0 Å². The highest BCUT2D eigenvalue weighted by Crippen LogP contribution is 2.17. The number of aromatic nitrogens is 2. The van der Waals surface area contributed by atoms with Crippen LogP contribution in [0.1, 0.15) is 19.3 Å². The first kappa shape index (κ1) is 10.0. The van der Waals surface area contributed by atoms with Gasteiger partial charge in [0.1, 0.15) is 0 Å². The molecule has 5 heteroatoms. The normalized spacial score (nSPS) is 15.7. The predicted octanol–water partition coefficient (Wildman–Crippen LogP) is 0.735. The Morgan fingerprint density at radius 1 is 1.53 bits per heavy atom. The van der Waals surface area contributed by atoms with E-state index in [1.807, 2.05) is 12.3 Å². The van der Waals surface area contributed by atoms with Crippen LogP contribution >= 0.6 is 0 Å². The molecule has 5 nitrogen and oxygen atoms in total. The second kappa shape index (κ2) is 4.82. The minimum atomic E-state index is -0.0631. The van der Waals surface area contributed by atoms with Gasteiger partial charge in [0.05, 0.1) is 6.54 Å². The molecule has 2 N–H and O–H groups in total. The van der Waals surface area contributed by atoms with Crippen molar-refractivity contribution in [1.82, 2.24) is 20.4 Å². The summed E-state index contributed by atoms with van der Waals surface area (Å²) < 4.78 is 1.80. The average molecular weight is 208 g/mol. The fraction of sp³-hybridized carbons (Fsp3) is 0.600. The smallest absolute Gasteiger partial charge is 0.315 e. The van der Waals surface area contributed by atoms with E-state index in [0.717, 1.165) is 12.8 Å². The third-order valence-electron chi connectivity index (χ3n) is 2.63. The van der Waals surface area contributed by atoms with Gasteiger partial charge >= 0.3 is 6.03 Å². The number of rotatable bonds is 4. The van der Waals surface area contributed by atoms with E-state index in [9.17, 15) is 4.79 Å². The van der Waals surface area contributed by atoms with Crippen LogP contribution in [0, 0.1) is 0 Å². The van der Waals surface area contributed by atoms with Gasteiger partial charge in [-0.1, -0.05) is 0 Å². The maximum atomic E-state index is 11.3. The van der Waals surface area contributed by atoms with Crippen LogP contribution in [-0.4, -0.2) is 28.4 Å². The average Bonchev–Trinajstić information content (AvgIpc) is 2.64. The predicted molar refractivity (Wildman–Crippen MR) is 56.4 cm³/mol. The number of carbonyl (C=O) groups excluding carboxylic acids is 1. The molecule has 1 saturated carbocycles. The Morgan fingerprint density at radius 3 is 3.00 bits per heavy atom. The molecule has 0 aliphatic heterocycles. The first-order valence-corrected chi connectivity index (χ1v) is 5.36. The van der Waals surface area contributed by atoms with Crippen LogP contribution < -0.4 is 10.6 Å². The fourth-order valence-electron chi connectivity index (χ4n) is 1.51. The lowest BCUT2D eigenvalue weighted by molar-refractivity contribution is 0.228. The molecule has 0 spiro atoms. The molecule has 1 aliphatic carbocycles. The van der Waals surface area contributed by atoms with Crippen LogP contribution in [0.2, 0.25) is 0 Å². The third kappa shape index (κ3) is 2.97. The standard InChI is InChI=1S/C10H16N4O/c15-10(13-9-3-1-4-9)11-6-8-14-7-2-5-12-14/h2,5,7,9H,1,3-4,6,8H2,(H2,11,13,15). The highest BCUT2D eigenvalue weighted by molar-refractivity contribution is 5.74. The molecule has 1 aromatic heterocycles. The molecule has 2 amide bonds. The summed E-state index contributed by atoms with van der Waals surface area (Å²) >= 11 is 0. The van der Waals surface area contributed by atoms with E-state index in [2.05, 4.69) is 15.7 Å². The minimum Gasteiger partial charge on any atom is -0.336 e. The first-order valence-electron chi connectivity index (χ1n) is 5.36. The summed E-state index contributed by atoms with van der Waals surface area (Å²) in [5.74, 6) is 0. The molecule has 0 unspecified atom stereocenters. The molecule has 2 rings (SSSR count). The largest absolute Gasteiger partial charge is 0.336 e. The van der Waals surface area contributed by atoms with Crippen LogP contribution in [0.4, 0.5) is 4.79 Å². The zero-order valence-corrected chi connectivity index (χ0v) is 8.65. The van der Waals surface area contributed by atoms with Gasteiger partial charge in [-0.25, -0.2) is 4.79 Å². The van der Waals surface area contributed by atoms with Crippen molar-refractivity contribution in [3.05, 3.63) is 18.5 Å². The van der Waals surface area contributed by atoms with E-state index in [0.29, 0.717) is 19.1 Å². The molecule has 1 heterocycles.